The summed E-state index contributed by atoms with van der Waals surface area (Å²) < 4.78 is 10.1. The number of cyclic esters (lactones) is 2. The summed E-state index contributed by atoms with van der Waals surface area (Å²) in [6.07, 6.45) is 1.08. The summed E-state index contributed by atoms with van der Waals surface area (Å²) in [5, 5.41) is 9.77. The smallest absolute Gasteiger partial charge is 0.349 e. The van der Waals surface area contributed by atoms with Gasteiger partial charge in [-0.3, -0.25) is 4.79 Å². The molecule has 1 aliphatic carbocycles. The number of benzene rings is 1. The average Bonchev–Trinajstić information content (AvgIpc) is 2.42. The summed E-state index contributed by atoms with van der Waals surface area (Å²) in [5.41, 5.74) is 0.341. The summed E-state index contributed by atoms with van der Waals surface area (Å²) in [6.45, 7) is 2.88. The number of allylic oxidation sites excluding steroid dienone is 3. The minimum atomic E-state index is -1.35. The molecule has 3 rings (SSSR count). The first-order chi connectivity index (χ1) is 10.3. The predicted molar refractivity (Wildman–Crippen MR) is 74.7 cm³/mol. The lowest BCUT2D eigenvalue weighted by atomic mass is 9.87. The van der Waals surface area contributed by atoms with Crippen LogP contribution >= 0.6 is 0 Å². The van der Waals surface area contributed by atoms with E-state index in [-0.39, 0.29) is 16.7 Å². The van der Waals surface area contributed by atoms with Crippen molar-refractivity contribution in [3.8, 4) is 0 Å². The molecule has 112 valence electrons. The van der Waals surface area contributed by atoms with Gasteiger partial charge in [-0.15, -0.1) is 0 Å². The van der Waals surface area contributed by atoms with E-state index in [0.29, 0.717) is 5.56 Å². The van der Waals surface area contributed by atoms with E-state index in [1.165, 1.54) is 19.9 Å². The van der Waals surface area contributed by atoms with E-state index in [1.54, 1.807) is 18.2 Å². The maximum Gasteiger partial charge on any atom is 0.349 e. The van der Waals surface area contributed by atoms with Crippen LogP contribution in [0.25, 0.3) is 5.57 Å². The first-order valence-corrected chi connectivity index (χ1v) is 6.56. The molecule has 0 spiro atoms. The van der Waals surface area contributed by atoms with E-state index in [9.17, 15) is 19.5 Å². The third-order valence-electron chi connectivity index (χ3n) is 3.33. The number of aliphatic hydroxyl groups is 1. The number of hydrogen-bond acceptors (Lipinski definition) is 6. The summed E-state index contributed by atoms with van der Waals surface area (Å²) >= 11 is 0. The normalized spacial score (nSPS) is 20.1. The molecule has 0 unspecified atom stereocenters. The lowest BCUT2D eigenvalue weighted by Crippen LogP contribution is -2.42. The standard InChI is InChI=1S/C16H12O6/c1-16(2)21-14(19)12(15(20)22-16)10-7-11(17)13(18)9-6-4-3-5-8(9)10/h3-7,17H,1-2H3. The maximum absolute atomic E-state index is 12.1. The van der Waals surface area contributed by atoms with Crippen LogP contribution in [-0.2, 0) is 19.1 Å². The number of esters is 2. The van der Waals surface area contributed by atoms with Crippen LogP contribution in [0.2, 0.25) is 0 Å². The fourth-order valence-electron chi connectivity index (χ4n) is 2.41. The third kappa shape index (κ3) is 2.09. The molecule has 1 aromatic rings. The Morgan fingerprint density at radius 1 is 0.955 bits per heavy atom. The highest BCUT2D eigenvalue weighted by atomic mass is 16.7. The van der Waals surface area contributed by atoms with Gasteiger partial charge in [0.1, 0.15) is 0 Å². The maximum atomic E-state index is 12.1. The highest BCUT2D eigenvalue weighted by Crippen LogP contribution is 2.34. The van der Waals surface area contributed by atoms with Crippen molar-refractivity contribution in [2.75, 3.05) is 0 Å². The predicted octanol–water partition coefficient (Wildman–Crippen LogP) is 1.91. The number of rotatable bonds is 0. The fraction of sp³-hybridized carbons (Fsp3) is 0.188. The Hall–Kier alpha value is -2.89. The Labute approximate surface area is 125 Å². The second kappa shape index (κ2) is 4.56. The Morgan fingerprint density at radius 3 is 2.09 bits per heavy atom. The number of ketones is 1. The number of ether oxygens (including phenoxy) is 2. The Bertz CT molecular complexity index is 760. The Balaban J connectivity index is 2.24. The van der Waals surface area contributed by atoms with Crippen LogP contribution in [0.3, 0.4) is 0 Å². The SMILES string of the molecule is CC1(C)OC(=O)C(=C2C=C(O)C(=O)c3ccccc32)C(=O)O1. The Morgan fingerprint density at radius 2 is 1.50 bits per heavy atom. The van der Waals surface area contributed by atoms with E-state index in [4.69, 9.17) is 9.47 Å². The summed E-state index contributed by atoms with van der Waals surface area (Å²) in [5.74, 6) is -4.19. The van der Waals surface area contributed by atoms with Crippen molar-refractivity contribution in [3.05, 3.63) is 52.8 Å². The van der Waals surface area contributed by atoms with Crippen molar-refractivity contribution in [1.82, 2.24) is 0 Å². The van der Waals surface area contributed by atoms with Gasteiger partial charge >= 0.3 is 11.9 Å². The molecule has 0 radical (unpaired) electrons. The van der Waals surface area contributed by atoms with E-state index in [1.807, 2.05) is 0 Å². The molecule has 0 atom stereocenters. The molecule has 22 heavy (non-hydrogen) atoms. The zero-order valence-electron chi connectivity index (χ0n) is 11.9. The number of fused-ring (bicyclic) bond motifs is 1. The molecule has 1 heterocycles. The largest absolute Gasteiger partial charge is 0.504 e. The molecule has 0 amide bonds. The molecule has 0 aromatic heterocycles. The molecule has 0 saturated carbocycles. The third-order valence-corrected chi connectivity index (χ3v) is 3.33. The summed E-state index contributed by atoms with van der Waals surface area (Å²) in [6, 6.07) is 6.37. The lowest BCUT2D eigenvalue weighted by Gasteiger charge is -2.31. The highest BCUT2D eigenvalue weighted by Gasteiger charge is 2.41. The highest BCUT2D eigenvalue weighted by molar-refractivity contribution is 6.25. The lowest BCUT2D eigenvalue weighted by molar-refractivity contribution is -0.222. The monoisotopic (exact) mass is 300 g/mol. The van der Waals surface area contributed by atoms with E-state index < -0.39 is 29.3 Å². The number of carbonyl (C=O) groups excluding carboxylic acids is 3. The first-order valence-electron chi connectivity index (χ1n) is 6.56. The number of Topliss-reactive ketones (excluding diaryl/α,β-unsaturated/α-hetero) is 1. The fourth-order valence-corrected chi connectivity index (χ4v) is 2.41. The molecule has 1 aliphatic heterocycles. The molecule has 1 aromatic carbocycles. The van der Waals surface area contributed by atoms with Crippen molar-refractivity contribution in [3.63, 3.8) is 0 Å². The Kier molecular flexibility index (Phi) is 2.91. The van der Waals surface area contributed by atoms with E-state index in [2.05, 4.69) is 0 Å². The number of carbonyl (C=O) groups is 3. The number of hydrogen-bond donors (Lipinski definition) is 1. The average molecular weight is 300 g/mol. The van der Waals surface area contributed by atoms with Crippen molar-refractivity contribution in [2.45, 2.75) is 19.6 Å². The van der Waals surface area contributed by atoms with E-state index in [0.717, 1.165) is 6.08 Å². The zero-order valence-corrected chi connectivity index (χ0v) is 11.9. The first kappa shape index (κ1) is 14.1. The molecule has 1 N–H and O–H groups in total. The molecule has 6 heteroatoms. The molecule has 1 fully saturated rings. The van der Waals surface area contributed by atoms with Gasteiger partial charge in [-0.25, -0.2) is 9.59 Å². The second-order valence-electron chi connectivity index (χ2n) is 5.37. The van der Waals surface area contributed by atoms with Crippen LogP contribution in [0, 0.1) is 0 Å². The van der Waals surface area contributed by atoms with E-state index >= 15 is 0 Å². The minimum absolute atomic E-state index is 0.109. The van der Waals surface area contributed by atoms with Gasteiger partial charge < -0.3 is 14.6 Å². The molecular formula is C16H12O6. The van der Waals surface area contributed by atoms with Crippen molar-refractivity contribution in [2.24, 2.45) is 0 Å². The van der Waals surface area contributed by atoms with Gasteiger partial charge in [0.15, 0.2) is 11.3 Å². The van der Waals surface area contributed by atoms with Crippen molar-refractivity contribution < 1.29 is 29.0 Å². The molecular weight excluding hydrogens is 288 g/mol. The van der Waals surface area contributed by atoms with Crippen LogP contribution in [0.5, 0.6) is 0 Å². The molecule has 6 nitrogen and oxygen atoms in total. The van der Waals surface area contributed by atoms with Crippen LogP contribution < -0.4 is 0 Å². The zero-order chi connectivity index (χ0) is 16.1. The van der Waals surface area contributed by atoms with Gasteiger partial charge in [0.2, 0.25) is 5.78 Å². The van der Waals surface area contributed by atoms with Crippen molar-refractivity contribution >= 4 is 23.3 Å². The summed E-state index contributed by atoms with van der Waals surface area (Å²) in [4.78, 5) is 36.2. The second-order valence-corrected chi connectivity index (χ2v) is 5.37. The van der Waals surface area contributed by atoms with Gasteiger partial charge in [0.05, 0.1) is 0 Å². The number of aliphatic hydroxyl groups excluding tert-OH is 1. The molecule has 2 aliphatic rings. The van der Waals surface area contributed by atoms with Crippen LogP contribution in [-0.4, -0.2) is 28.6 Å². The quantitative estimate of drug-likeness (QED) is 0.447. The van der Waals surface area contributed by atoms with Gasteiger partial charge in [-0.1, -0.05) is 24.3 Å². The topological polar surface area (TPSA) is 89.9 Å². The minimum Gasteiger partial charge on any atom is -0.504 e. The van der Waals surface area contributed by atoms with Crippen LogP contribution in [0.1, 0.15) is 29.8 Å². The summed E-state index contributed by atoms with van der Waals surface area (Å²) in [7, 11) is 0. The van der Waals surface area contributed by atoms with Gasteiger partial charge in [-0.2, -0.15) is 0 Å². The van der Waals surface area contributed by atoms with Crippen LogP contribution in [0.4, 0.5) is 0 Å². The van der Waals surface area contributed by atoms with Gasteiger partial charge in [-0.05, 0) is 11.6 Å². The molecule has 0 bridgehead atoms. The van der Waals surface area contributed by atoms with Crippen molar-refractivity contribution in [1.29, 1.82) is 0 Å². The van der Waals surface area contributed by atoms with Gasteiger partial charge in [0, 0.05) is 25.0 Å². The van der Waals surface area contributed by atoms with Gasteiger partial charge in [0.25, 0.3) is 5.79 Å². The molecule has 1 saturated heterocycles. The van der Waals surface area contributed by atoms with Crippen LogP contribution in [0.15, 0.2) is 41.7 Å².